The van der Waals surface area contributed by atoms with Gasteiger partial charge < -0.3 is 35.5 Å². The fraction of sp³-hybridized carbons (Fsp3) is 0.310. The van der Waals surface area contributed by atoms with Gasteiger partial charge in [0.15, 0.2) is 5.75 Å². The number of H-pyrrole nitrogens is 1. The number of ether oxygens (including phenoxy) is 1. The highest BCUT2D eigenvalue weighted by Gasteiger charge is 2.54. The minimum Gasteiger partial charge on any atom is -0.503 e. The molecule has 3 aliphatic rings. The van der Waals surface area contributed by atoms with Crippen molar-refractivity contribution >= 4 is 53.4 Å². The van der Waals surface area contributed by atoms with E-state index in [4.69, 9.17) is 4.74 Å². The van der Waals surface area contributed by atoms with E-state index >= 15 is 0 Å². The van der Waals surface area contributed by atoms with Gasteiger partial charge in [0.1, 0.15) is 29.8 Å². The minimum absolute atomic E-state index is 0.0900. The van der Waals surface area contributed by atoms with Crippen LogP contribution < -0.4 is 16.1 Å². The first-order valence-electron chi connectivity index (χ1n) is 14.1. The second-order valence-electron chi connectivity index (χ2n) is 10.6. The van der Waals surface area contributed by atoms with Crippen LogP contribution in [-0.4, -0.2) is 108 Å². The lowest BCUT2D eigenvalue weighted by Crippen LogP contribution is -2.71. The molecule has 6 amide bonds. The molecule has 18 heteroatoms. The number of esters is 1. The highest BCUT2D eigenvalue weighted by atomic mass is 32.2. The van der Waals surface area contributed by atoms with Gasteiger partial charge in [-0.25, -0.2) is 9.59 Å². The number of hydrogen-bond donors (Lipinski definition) is 5. The van der Waals surface area contributed by atoms with Crippen LogP contribution in [0, 0.1) is 0 Å². The van der Waals surface area contributed by atoms with E-state index < -0.39 is 70.2 Å². The number of aromatic amines is 1. The summed E-state index contributed by atoms with van der Waals surface area (Å²) in [6, 6.07) is 5.39. The van der Waals surface area contributed by atoms with Gasteiger partial charge in [-0.05, 0) is 5.56 Å². The zero-order valence-electron chi connectivity index (χ0n) is 24.6. The lowest BCUT2D eigenvalue weighted by Gasteiger charge is -2.49. The second-order valence-corrected chi connectivity index (χ2v) is 11.7. The van der Waals surface area contributed by atoms with Crippen LogP contribution in [0.1, 0.15) is 24.2 Å². The Morgan fingerprint density at radius 2 is 1.81 bits per heavy atom. The van der Waals surface area contributed by atoms with Gasteiger partial charge in [0.25, 0.3) is 5.91 Å². The molecule has 3 atom stereocenters. The van der Waals surface area contributed by atoms with Gasteiger partial charge in [0.05, 0.1) is 6.54 Å². The van der Waals surface area contributed by atoms with E-state index in [-0.39, 0.29) is 49.0 Å². The van der Waals surface area contributed by atoms with Crippen molar-refractivity contribution in [2.24, 2.45) is 0 Å². The number of thioether (sulfide) groups is 1. The number of rotatable bonds is 9. The molecule has 0 saturated carbocycles. The zero-order valence-corrected chi connectivity index (χ0v) is 25.4. The van der Waals surface area contributed by atoms with Crippen molar-refractivity contribution in [3.05, 3.63) is 75.3 Å². The number of aromatic hydroxyl groups is 1. The van der Waals surface area contributed by atoms with Crippen LogP contribution in [0.2, 0.25) is 0 Å². The van der Waals surface area contributed by atoms with Gasteiger partial charge in [-0.15, -0.1) is 11.8 Å². The summed E-state index contributed by atoms with van der Waals surface area (Å²) in [5, 5.41) is 23.4. The van der Waals surface area contributed by atoms with Gasteiger partial charge in [-0.3, -0.25) is 38.6 Å². The molecule has 2 saturated heterocycles. The molecular weight excluding hydrogens is 640 g/mol. The van der Waals surface area contributed by atoms with Crippen molar-refractivity contribution < 1.29 is 48.5 Å². The van der Waals surface area contributed by atoms with E-state index in [0.717, 1.165) is 33.8 Å². The van der Waals surface area contributed by atoms with E-state index in [0.29, 0.717) is 10.5 Å². The Morgan fingerprint density at radius 1 is 1.09 bits per heavy atom. The summed E-state index contributed by atoms with van der Waals surface area (Å²) in [6.07, 6.45) is 1.05. The van der Waals surface area contributed by atoms with Crippen LogP contribution in [0.25, 0.3) is 0 Å². The Morgan fingerprint density at radius 3 is 2.47 bits per heavy atom. The van der Waals surface area contributed by atoms with Crippen LogP contribution in [0.3, 0.4) is 0 Å². The number of urea groups is 1. The third-order valence-corrected chi connectivity index (χ3v) is 8.87. The number of nitrogens with zero attached hydrogens (tertiary/aromatic N) is 3. The maximum Gasteiger partial charge on any atom is 0.352 e. The lowest BCUT2D eigenvalue weighted by molar-refractivity contribution is -0.154. The summed E-state index contributed by atoms with van der Waals surface area (Å²) in [4.78, 5) is 106. The number of aliphatic carboxylic acids is 1. The monoisotopic (exact) mass is 668 g/mol. The molecule has 0 radical (unpaired) electrons. The minimum atomic E-state index is -1.42. The van der Waals surface area contributed by atoms with Crippen molar-refractivity contribution in [3.8, 4) is 5.75 Å². The van der Waals surface area contributed by atoms with Gasteiger partial charge in [-0.2, -0.15) is 0 Å². The SMILES string of the molecule is CC(=O)OCC1=C(C(=O)O)N2C(=O)[C@@H](NC(=O)[C@H](NC(=O)N3CCN(Cc4cc(=O)c(O)c[nH]4)C(=O)C3=O)c3ccccc3)[C@H]2SC1. The number of β-lactam (4-membered cyclic amide) rings is 1. The average Bonchev–Trinajstić information content (AvgIpc) is 3.04. The number of nitrogens with one attached hydrogen (secondary N) is 3. The normalized spacial score (nSPS) is 19.9. The molecule has 1 aromatic carbocycles. The van der Waals surface area contributed by atoms with Crippen LogP contribution in [0.5, 0.6) is 5.75 Å². The van der Waals surface area contributed by atoms with E-state index in [1.807, 2.05) is 0 Å². The van der Waals surface area contributed by atoms with Gasteiger partial charge in [0.2, 0.25) is 11.3 Å². The predicted molar refractivity (Wildman–Crippen MR) is 160 cm³/mol. The third kappa shape index (κ3) is 6.67. The quantitative estimate of drug-likeness (QED) is 0.123. The van der Waals surface area contributed by atoms with Gasteiger partial charge in [-0.1, -0.05) is 30.3 Å². The maximum atomic E-state index is 13.6. The first-order chi connectivity index (χ1) is 22.4. The number of carbonyl (C=O) groups excluding carboxylic acids is 6. The molecular formula is C29H28N6O11S. The van der Waals surface area contributed by atoms with E-state index in [1.54, 1.807) is 18.2 Å². The van der Waals surface area contributed by atoms with Crippen molar-refractivity contribution in [2.75, 3.05) is 25.4 Å². The number of carboxylic acid groups (broad SMARTS) is 1. The Kier molecular flexibility index (Phi) is 9.31. The fourth-order valence-electron chi connectivity index (χ4n) is 5.19. The zero-order chi connectivity index (χ0) is 34.0. The number of aromatic nitrogens is 1. The second kappa shape index (κ2) is 13.4. The van der Waals surface area contributed by atoms with Crippen LogP contribution in [0.15, 0.2) is 58.7 Å². The summed E-state index contributed by atoms with van der Waals surface area (Å²) < 4.78 is 4.92. The highest BCUT2D eigenvalue weighted by molar-refractivity contribution is 8.00. The number of benzene rings is 1. The van der Waals surface area contributed by atoms with E-state index in [2.05, 4.69) is 15.6 Å². The molecule has 47 heavy (non-hydrogen) atoms. The lowest BCUT2D eigenvalue weighted by atomic mass is 10.0. The number of piperazine rings is 1. The number of fused-ring (bicyclic) bond motifs is 1. The summed E-state index contributed by atoms with van der Waals surface area (Å²) in [7, 11) is 0. The van der Waals surface area contributed by atoms with Crippen molar-refractivity contribution in [1.82, 2.24) is 30.3 Å². The Labute approximate surface area is 269 Å². The first kappa shape index (κ1) is 32.7. The topological polar surface area (TPSA) is 236 Å². The molecule has 0 unspecified atom stereocenters. The maximum absolute atomic E-state index is 13.6. The smallest absolute Gasteiger partial charge is 0.352 e. The van der Waals surface area contributed by atoms with Crippen molar-refractivity contribution in [2.45, 2.75) is 30.9 Å². The predicted octanol–water partition coefficient (Wildman–Crippen LogP) is -0.996. The average molecular weight is 669 g/mol. The third-order valence-electron chi connectivity index (χ3n) is 7.53. The molecule has 2 aromatic rings. The molecule has 4 heterocycles. The van der Waals surface area contributed by atoms with Crippen molar-refractivity contribution in [3.63, 3.8) is 0 Å². The molecule has 0 spiro atoms. The number of hydrogen-bond acceptors (Lipinski definition) is 11. The summed E-state index contributed by atoms with van der Waals surface area (Å²) in [6.45, 7) is 0.356. The van der Waals surface area contributed by atoms with Gasteiger partial charge >= 0.3 is 29.8 Å². The molecule has 5 rings (SSSR count). The molecule has 0 bridgehead atoms. The number of carboxylic acids is 1. The fourth-order valence-corrected chi connectivity index (χ4v) is 6.52. The molecule has 2 fully saturated rings. The molecule has 3 aliphatic heterocycles. The molecule has 246 valence electrons. The standard InChI is InChI=1S/C29H28N6O11S/c1-14(36)46-12-16-13-47-27-21(24(40)35(27)22(16)28(43)44)31-23(39)20(15-5-3-2-4-6-15)32-29(45)34-8-7-33(25(41)26(34)42)11-17-9-18(37)19(38)10-30-17/h2-6,9-10,20-21,27,38H,7-8,11-13H2,1H3,(H,30,37)(H,31,39)(H,32,45)(H,43,44)/t20-,21-,27-/m1/s1. The highest BCUT2D eigenvalue weighted by Crippen LogP contribution is 2.40. The molecule has 5 N–H and O–H groups in total. The molecule has 1 aromatic heterocycles. The van der Waals surface area contributed by atoms with Gasteiger partial charge in [0, 0.05) is 49.3 Å². The van der Waals surface area contributed by atoms with E-state index in [1.165, 1.54) is 19.1 Å². The van der Waals surface area contributed by atoms with Crippen molar-refractivity contribution in [1.29, 1.82) is 0 Å². The Hall–Kier alpha value is -5.65. The number of carbonyl (C=O) groups is 7. The molecule has 17 nitrogen and oxygen atoms in total. The van der Waals surface area contributed by atoms with Crippen LogP contribution >= 0.6 is 11.8 Å². The Balaban J connectivity index is 1.28. The van der Waals surface area contributed by atoms with Crippen LogP contribution in [-0.2, 0) is 40.0 Å². The number of imide groups is 1. The molecule has 0 aliphatic carbocycles. The number of pyridine rings is 1. The Bertz CT molecular complexity index is 1760. The van der Waals surface area contributed by atoms with E-state index in [9.17, 15) is 48.6 Å². The largest absolute Gasteiger partial charge is 0.503 e. The summed E-state index contributed by atoms with van der Waals surface area (Å²) >= 11 is 1.16. The first-order valence-corrected chi connectivity index (χ1v) is 15.1. The van der Waals surface area contributed by atoms with Crippen LogP contribution in [0.4, 0.5) is 4.79 Å². The summed E-state index contributed by atoms with van der Waals surface area (Å²) in [5.41, 5.74) is -0.252. The summed E-state index contributed by atoms with van der Waals surface area (Å²) in [5.74, 6) is -6.20. The number of amides is 6.